The van der Waals surface area contributed by atoms with Gasteiger partial charge in [0.05, 0.1) is 11.5 Å². The molecule has 0 aliphatic carbocycles. The highest BCUT2D eigenvalue weighted by Crippen LogP contribution is 2.34. The molecule has 5 aromatic rings. The average Bonchev–Trinajstić information content (AvgIpc) is 3.46. The summed E-state index contributed by atoms with van der Waals surface area (Å²) in [5.41, 5.74) is 9.32. The molecule has 0 spiro atoms. The van der Waals surface area contributed by atoms with Gasteiger partial charge in [0.2, 0.25) is 5.91 Å². The van der Waals surface area contributed by atoms with Crippen LogP contribution in [0, 0.1) is 5.41 Å². The highest BCUT2D eigenvalue weighted by atomic mass is 16.3. The molecule has 0 saturated heterocycles. The number of H-pyrrole nitrogens is 1. The SMILES string of the molecule is CC(Cc1cc2ccccc2o1)(Cc1c[nH]c2ccccc12)C(=O)NC(CN)c1ccccc1. The Kier molecular flexibility index (Phi) is 5.95. The van der Waals surface area contributed by atoms with Gasteiger partial charge in [-0.1, -0.05) is 66.7 Å². The van der Waals surface area contributed by atoms with Gasteiger partial charge in [0.15, 0.2) is 0 Å². The first kappa shape index (κ1) is 22.0. The molecule has 5 rings (SSSR count). The Morgan fingerprint density at radius 1 is 1.00 bits per heavy atom. The number of carbonyl (C=O) groups excluding carboxylic acids is 1. The maximum absolute atomic E-state index is 13.9. The molecule has 5 nitrogen and oxygen atoms in total. The molecule has 4 N–H and O–H groups in total. The molecular weight excluding hydrogens is 422 g/mol. The van der Waals surface area contributed by atoms with Crippen LogP contribution in [0.5, 0.6) is 0 Å². The Hall–Kier alpha value is -3.83. The molecule has 172 valence electrons. The summed E-state index contributed by atoms with van der Waals surface area (Å²) in [4.78, 5) is 17.2. The molecule has 0 aliphatic heterocycles. The summed E-state index contributed by atoms with van der Waals surface area (Å²) in [7, 11) is 0. The van der Waals surface area contributed by atoms with E-state index in [1.165, 1.54) is 0 Å². The fourth-order valence-electron chi connectivity index (χ4n) is 4.73. The van der Waals surface area contributed by atoms with Crippen molar-refractivity contribution in [2.24, 2.45) is 11.1 Å². The van der Waals surface area contributed by atoms with E-state index < -0.39 is 5.41 Å². The summed E-state index contributed by atoms with van der Waals surface area (Å²) in [5.74, 6) is 0.750. The lowest BCUT2D eigenvalue weighted by molar-refractivity contribution is -0.131. The fourth-order valence-corrected chi connectivity index (χ4v) is 4.73. The predicted octanol–water partition coefficient (Wildman–Crippen LogP) is 5.52. The number of nitrogens with two attached hydrogens (primary N) is 1. The number of furan rings is 1. The number of amides is 1. The van der Waals surface area contributed by atoms with E-state index in [0.29, 0.717) is 19.4 Å². The first-order valence-electron chi connectivity index (χ1n) is 11.6. The van der Waals surface area contributed by atoms with Crippen molar-refractivity contribution < 1.29 is 9.21 Å². The Balaban J connectivity index is 1.49. The van der Waals surface area contributed by atoms with E-state index in [9.17, 15) is 4.79 Å². The molecule has 5 heteroatoms. The summed E-state index contributed by atoms with van der Waals surface area (Å²) < 4.78 is 6.12. The van der Waals surface area contributed by atoms with Crippen molar-refractivity contribution in [2.45, 2.75) is 25.8 Å². The molecule has 1 amide bonds. The zero-order valence-corrected chi connectivity index (χ0v) is 19.3. The predicted molar refractivity (Wildman–Crippen MR) is 136 cm³/mol. The second-order valence-corrected chi connectivity index (χ2v) is 9.20. The minimum atomic E-state index is -0.749. The summed E-state index contributed by atoms with van der Waals surface area (Å²) >= 11 is 0. The van der Waals surface area contributed by atoms with Crippen LogP contribution < -0.4 is 11.1 Å². The standard InChI is InChI=1S/C29H29N3O2/c1-29(16-22-19-31-25-13-7-6-12-24(22)25,17-23-15-21-11-5-8-14-27(21)34-23)28(33)32-26(18-30)20-9-3-2-4-10-20/h2-15,19,26,31H,16-18,30H2,1H3,(H,32,33). The smallest absolute Gasteiger partial charge is 0.227 e. The van der Waals surface area contributed by atoms with Gasteiger partial charge >= 0.3 is 0 Å². The number of fused-ring (bicyclic) bond motifs is 2. The van der Waals surface area contributed by atoms with E-state index in [-0.39, 0.29) is 11.9 Å². The Morgan fingerprint density at radius 2 is 1.74 bits per heavy atom. The Morgan fingerprint density at radius 3 is 2.53 bits per heavy atom. The van der Waals surface area contributed by atoms with Crippen LogP contribution in [-0.2, 0) is 17.6 Å². The number of carbonyl (C=O) groups is 1. The van der Waals surface area contributed by atoms with Gasteiger partial charge in [0, 0.05) is 35.5 Å². The van der Waals surface area contributed by atoms with Crippen molar-refractivity contribution in [1.82, 2.24) is 10.3 Å². The molecule has 3 aromatic carbocycles. The lowest BCUT2D eigenvalue weighted by Crippen LogP contribution is -2.45. The van der Waals surface area contributed by atoms with Crippen molar-refractivity contribution in [3.63, 3.8) is 0 Å². The van der Waals surface area contributed by atoms with E-state index in [1.54, 1.807) is 0 Å². The van der Waals surface area contributed by atoms with Crippen LogP contribution >= 0.6 is 0 Å². The van der Waals surface area contributed by atoms with Crippen LogP contribution in [-0.4, -0.2) is 17.4 Å². The molecule has 0 radical (unpaired) electrons. The highest BCUT2D eigenvalue weighted by molar-refractivity contribution is 5.87. The number of benzene rings is 3. The molecule has 2 atom stereocenters. The van der Waals surface area contributed by atoms with Crippen LogP contribution in [0.2, 0.25) is 0 Å². The normalized spacial score (nSPS) is 14.2. The molecule has 2 aromatic heterocycles. The third kappa shape index (κ3) is 4.35. The number of hydrogen-bond acceptors (Lipinski definition) is 3. The molecular formula is C29H29N3O2. The largest absolute Gasteiger partial charge is 0.461 e. The number of nitrogens with one attached hydrogen (secondary N) is 2. The zero-order chi connectivity index (χ0) is 23.5. The number of hydrogen-bond donors (Lipinski definition) is 3. The summed E-state index contributed by atoms with van der Waals surface area (Å²) in [5, 5.41) is 5.39. The number of rotatable bonds is 8. The average molecular weight is 452 g/mol. The second kappa shape index (κ2) is 9.20. The van der Waals surface area contributed by atoms with Crippen LogP contribution in [0.4, 0.5) is 0 Å². The molecule has 34 heavy (non-hydrogen) atoms. The van der Waals surface area contributed by atoms with Gasteiger partial charge in [-0.15, -0.1) is 0 Å². The van der Waals surface area contributed by atoms with Crippen LogP contribution in [0.3, 0.4) is 0 Å². The van der Waals surface area contributed by atoms with Crippen LogP contribution in [0.25, 0.3) is 21.9 Å². The lowest BCUT2D eigenvalue weighted by atomic mass is 9.78. The minimum absolute atomic E-state index is 0.0439. The molecule has 0 fully saturated rings. The monoisotopic (exact) mass is 451 g/mol. The third-order valence-corrected chi connectivity index (χ3v) is 6.59. The first-order chi connectivity index (χ1) is 16.6. The van der Waals surface area contributed by atoms with E-state index in [2.05, 4.69) is 22.4 Å². The third-order valence-electron chi connectivity index (χ3n) is 6.59. The second-order valence-electron chi connectivity index (χ2n) is 9.20. The zero-order valence-electron chi connectivity index (χ0n) is 19.3. The van der Waals surface area contributed by atoms with E-state index in [1.807, 2.05) is 85.9 Å². The maximum atomic E-state index is 13.9. The fraction of sp³-hybridized carbons (Fsp3) is 0.207. The van der Waals surface area contributed by atoms with E-state index >= 15 is 0 Å². The van der Waals surface area contributed by atoms with E-state index in [0.717, 1.165) is 38.8 Å². The van der Waals surface area contributed by atoms with Crippen molar-refractivity contribution in [2.75, 3.05) is 6.54 Å². The Labute approximate surface area is 199 Å². The molecule has 2 unspecified atom stereocenters. The van der Waals surface area contributed by atoms with Crippen molar-refractivity contribution in [3.05, 3.63) is 108 Å². The van der Waals surface area contributed by atoms with Gasteiger partial charge < -0.3 is 20.5 Å². The quantitative estimate of drug-likeness (QED) is 0.290. The summed E-state index contributed by atoms with van der Waals surface area (Å²) in [6, 6.07) is 27.8. The molecule has 2 heterocycles. The number of aromatic nitrogens is 1. The summed E-state index contributed by atoms with van der Waals surface area (Å²) in [6.07, 6.45) is 3.04. The van der Waals surface area contributed by atoms with Crippen molar-refractivity contribution >= 4 is 27.8 Å². The molecule has 0 aliphatic rings. The van der Waals surface area contributed by atoms with Gasteiger partial charge in [-0.25, -0.2) is 0 Å². The summed E-state index contributed by atoms with van der Waals surface area (Å²) in [6.45, 7) is 2.33. The number of aromatic amines is 1. The number of para-hydroxylation sites is 2. The van der Waals surface area contributed by atoms with Crippen molar-refractivity contribution in [3.8, 4) is 0 Å². The van der Waals surface area contributed by atoms with Gasteiger partial charge in [-0.05, 0) is 42.7 Å². The molecule has 0 saturated carbocycles. The Bertz CT molecular complexity index is 1390. The van der Waals surface area contributed by atoms with Gasteiger partial charge in [0.1, 0.15) is 11.3 Å². The maximum Gasteiger partial charge on any atom is 0.227 e. The topological polar surface area (TPSA) is 84.0 Å². The van der Waals surface area contributed by atoms with Crippen molar-refractivity contribution in [1.29, 1.82) is 0 Å². The van der Waals surface area contributed by atoms with Gasteiger partial charge in [-0.2, -0.15) is 0 Å². The van der Waals surface area contributed by atoms with E-state index in [4.69, 9.17) is 10.2 Å². The van der Waals surface area contributed by atoms with Gasteiger partial charge in [0.25, 0.3) is 0 Å². The van der Waals surface area contributed by atoms with Gasteiger partial charge in [-0.3, -0.25) is 4.79 Å². The lowest BCUT2D eigenvalue weighted by Gasteiger charge is -2.30. The highest BCUT2D eigenvalue weighted by Gasteiger charge is 2.37. The minimum Gasteiger partial charge on any atom is -0.461 e. The van der Waals surface area contributed by atoms with Crippen LogP contribution in [0.15, 0.2) is 95.5 Å². The molecule has 0 bridgehead atoms. The first-order valence-corrected chi connectivity index (χ1v) is 11.6. The van der Waals surface area contributed by atoms with Crippen LogP contribution in [0.1, 0.15) is 29.9 Å².